The maximum Gasteiger partial charge on any atom is 0.227 e. The fourth-order valence-electron chi connectivity index (χ4n) is 0.443. The van der Waals surface area contributed by atoms with E-state index in [1.54, 1.807) is 0 Å². The molecule has 0 saturated heterocycles. The highest BCUT2D eigenvalue weighted by Crippen LogP contribution is 1.57. The van der Waals surface area contributed by atoms with Crippen molar-refractivity contribution in [1.82, 2.24) is 10.2 Å². The quantitative estimate of drug-likeness (QED) is 0.438. The van der Waals surface area contributed by atoms with Crippen LogP contribution in [0.1, 0.15) is 0 Å². The fraction of sp³-hybridized carbons (Fsp3) is 0. The number of nitrogens with zero attached hydrogens (tertiary/aromatic N) is 2. The Bertz CT molecular complexity index is 303. The molecule has 1 aromatic heterocycles. The van der Waals surface area contributed by atoms with Crippen molar-refractivity contribution in [1.29, 1.82) is 0 Å². The van der Waals surface area contributed by atoms with Crippen LogP contribution in [0.25, 0.3) is 0 Å². The van der Waals surface area contributed by atoms with E-state index in [4.69, 9.17) is 0 Å². The molecular formula is C6H4N2O2. The second kappa shape index (κ2) is 2.82. The molecule has 0 aliphatic rings. The van der Waals surface area contributed by atoms with Crippen molar-refractivity contribution in [2.24, 2.45) is 0 Å². The predicted molar refractivity (Wildman–Crippen MR) is 34.6 cm³/mol. The first-order valence-corrected chi connectivity index (χ1v) is 2.62. The minimum absolute atomic E-state index is 0.574. The molecule has 1 aromatic rings. The van der Waals surface area contributed by atoms with Crippen LogP contribution >= 0.6 is 0 Å². The zero-order chi connectivity index (χ0) is 7.40. The Morgan fingerprint density at radius 2 is 1.30 bits per heavy atom. The largest absolute Gasteiger partial charge is 0.286 e. The topological polar surface area (TPSA) is 59.9 Å². The van der Waals surface area contributed by atoms with Gasteiger partial charge in [0.25, 0.3) is 0 Å². The zero-order valence-electron chi connectivity index (χ0n) is 5.02. The molecule has 0 saturated carbocycles. The van der Waals surface area contributed by atoms with Crippen molar-refractivity contribution in [3.8, 4) is 0 Å². The Morgan fingerprint density at radius 1 is 0.900 bits per heavy atom. The second-order valence-corrected chi connectivity index (χ2v) is 1.59. The molecule has 0 aliphatic heterocycles. The molecule has 0 spiro atoms. The van der Waals surface area contributed by atoms with E-state index in [-0.39, 0.29) is 0 Å². The Labute approximate surface area is 56.2 Å². The van der Waals surface area contributed by atoms with Gasteiger partial charge < -0.3 is 0 Å². The molecular weight excluding hydrogens is 132 g/mol. The lowest BCUT2D eigenvalue weighted by Crippen LogP contribution is -2.19. The van der Waals surface area contributed by atoms with Crippen LogP contribution in [-0.2, 0) is 0 Å². The minimum atomic E-state index is -0.574. The van der Waals surface area contributed by atoms with E-state index in [2.05, 4.69) is 10.2 Å². The van der Waals surface area contributed by atoms with Gasteiger partial charge in [0.05, 0.1) is 12.4 Å². The third-order valence-corrected chi connectivity index (χ3v) is 0.895. The van der Waals surface area contributed by atoms with E-state index in [9.17, 15) is 9.59 Å². The van der Waals surface area contributed by atoms with Gasteiger partial charge in [-0.25, -0.2) is 0 Å². The van der Waals surface area contributed by atoms with Crippen LogP contribution < -0.4 is 10.9 Å². The van der Waals surface area contributed by atoms with Gasteiger partial charge in [-0.05, 0) is 0 Å². The second-order valence-electron chi connectivity index (χ2n) is 1.59. The van der Waals surface area contributed by atoms with Gasteiger partial charge in [-0.15, -0.1) is 0 Å². The maximum atomic E-state index is 10.6. The number of hydrogen-bond donors (Lipinski definition) is 0. The molecule has 4 nitrogen and oxygen atoms in total. The van der Waals surface area contributed by atoms with Gasteiger partial charge in [-0.2, -0.15) is 10.2 Å². The molecule has 0 radical (unpaired) electrons. The summed E-state index contributed by atoms with van der Waals surface area (Å²) in [5, 5.41) is 6.80. The molecule has 0 amide bonds. The van der Waals surface area contributed by atoms with E-state index in [0.717, 1.165) is 12.1 Å². The highest BCUT2D eigenvalue weighted by atomic mass is 16.2. The van der Waals surface area contributed by atoms with Crippen LogP contribution in [-0.4, -0.2) is 10.2 Å². The van der Waals surface area contributed by atoms with E-state index < -0.39 is 10.9 Å². The molecule has 4 heteroatoms. The third-order valence-electron chi connectivity index (χ3n) is 0.895. The van der Waals surface area contributed by atoms with Crippen molar-refractivity contribution in [3.63, 3.8) is 0 Å². The first-order chi connectivity index (χ1) is 4.80. The van der Waals surface area contributed by atoms with Crippen molar-refractivity contribution in [2.45, 2.75) is 0 Å². The Balaban J connectivity index is 3.52. The average Bonchev–Trinajstić information content (AvgIpc) is 1.92. The van der Waals surface area contributed by atoms with Crippen molar-refractivity contribution in [3.05, 3.63) is 45.0 Å². The van der Waals surface area contributed by atoms with Crippen LogP contribution in [0, 0.1) is 0 Å². The molecule has 0 atom stereocenters. The SMILES string of the molecule is O=c1ccnnccc1=O. The van der Waals surface area contributed by atoms with Gasteiger partial charge in [0.15, 0.2) is 0 Å². The molecule has 0 fully saturated rings. The summed E-state index contributed by atoms with van der Waals surface area (Å²) in [6.45, 7) is 0. The van der Waals surface area contributed by atoms with E-state index in [1.165, 1.54) is 12.4 Å². The fourth-order valence-corrected chi connectivity index (χ4v) is 0.443. The first kappa shape index (κ1) is 6.54. The molecule has 1 rings (SSSR count). The van der Waals surface area contributed by atoms with Crippen molar-refractivity contribution in [2.75, 3.05) is 0 Å². The van der Waals surface area contributed by atoms with E-state index >= 15 is 0 Å². The number of hydrogen-bond acceptors (Lipinski definition) is 4. The summed E-state index contributed by atoms with van der Waals surface area (Å²) in [6, 6.07) is 2.16. The molecule has 50 valence electrons. The van der Waals surface area contributed by atoms with Gasteiger partial charge in [0.2, 0.25) is 10.9 Å². The highest BCUT2D eigenvalue weighted by molar-refractivity contribution is 4.91. The Morgan fingerprint density at radius 3 is 1.70 bits per heavy atom. The molecule has 0 aromatic carbocycles. The van der Waals surface area contributed by atoms with Gasteiger partial charge in [0, 0.05) is 12.1 Å². The maximum absolute atomic E-state index is 10.6. The van der Waals surface area contributed by atoms with E-state index in [1.807, 2.05) is 0 Å². The summed E-state index contributed by atoms with van der Waals surface area (Å²) in [4.78, 5) is 21.2. The minimum Gasteiger partial charge on any atom is -0.286 e. The van der Waals surface area contributed by atoms with Gasteiger partial charge in [0.1, 0.15) is 0 Å². The summed E-state index contributed by atoms with van der Waals surface area (Å²) in [7, 11) is 0. The lowest BCUT2D eigenvalue weighted by atomic mass is 10.5. The van der Waals surface area contributed by atoms with E-state index in [0.29, 0.717) is 0 Å². The number of rotatable bonds is 0. The lowest BCUT2D eigenvalue weighted by Gasteiger charge is -1.69. The summed E-state index contributed by atoms with van der Waals surface area (Å²) in [6.07, 6.45) is 2.37. The summed E-state index contributed by atoms with van der Waals surface area (Å²) in [5.74, 6) is 0. The molecule has 1 heterocycles. The summed E-state index contributed by atoms with van der Waals surface area (Å²) < 4.78 is 0. The predicted octanol–water partition coefficient (Wildman–Crippen LogP) is -0.803. The van der Waals surface area contributed by atoms with Crippen molar-refractivity contribution >= 4 is 0 Å². The van der Waals surface area contributed by atoms with Gasteiger partial charge >= 0.3 is 0 Å². The summed E-state index contributed by atoms with van der Waals surface area (Å²) >= 11 is 0. The van der Waals surface area contributed by atoms with Gasteiger partial charge in [-0.3, -0.25) is 9.59 Å². The van der Waals surface area contributed by atoms with Crippen LogP contribution in [0.4, 0.5) is 0 Å². The Hall–Kier alpha value is -1.58. The van der Waals surface area contributed by atoms with Crippen LogP contribution in [0.2, 0.25) is 0 Å². The summed E-state index contributed by atoms with van der Waals surface area (Å²) in [5.41, 5.74) is -1.15. The van der Waals surface area contributed by atoms with Crippen molar-refractivity contribution < 1.29 is 0 Å². The molecule has 0 N–H and O–H groups in total. The molecule has 0 bridgehead atoms. The highest BCUT2D eigenvalue weighted by Gasteiger charge is 1.82. The normalized spacial score (nSPS) is 8.80. The third kappa shape index (κ3) is 1.45. The lowest BCUT2D eigenvalue weighted by molar-refractivity contribution is 1.04. The molecule has 10 heavy (non-hydrogen) atoms. The average molecular weight is 136 g/mol. The standard InChI is InChI=1S/C6H4N2O2/c9-5-1-3-7-8-4-2-6(5)10/h1-4H. The molecule has 0 aliphatic carbocycles. The van der Waals surface area contributed by atoms with Gasteiger partial charge in [-0.1, -0.05) is 0 Å². The monoisotopic (exact) mass is 136 g/mol. The zero-order valence-corrected chi connectivity index (χ0v) is 5.02. The first-order valence-electron chi connectivity index (χ1n) is 2.62. The number of aromatic nitrogens is 2. The molecule has 0 unspecified atom stereocenters. The smallest absolute Gasteiger partial charge is 0.227 e. The van der Waals surface area contributed by atoms with Crippen LogP contribution in [0.15, 0.2) is 34.1 Å². The van der Waals surface area contributed by atoms with Crippen LogP contribution in [0.3, 0.4) is 0 Å². The van der Waals surface area contributed by atoms with Crippen LogP contribution in [0.5, 0.6) is 0 Å². The Kier molecular flexibility index (Phi) is 1.84.